The zero-order valence-corrected chi connectivity index (χ0v) is 12.5. The van der Waals surface area contributed by atoms with Crippen molar-refractivity contribution in [1.82, 2.24) is 5.32 Å². The first-order chi connectivity index (χ1) is 8.61. The molecular weight excluding hydrogens is 366 g/mol. The summed E-state index contributed by atoms with van der Waals surface area (Å²) in [6.45, 7) is 0.482. The topological polar surface area (TPSA) is 62.5 Å². The molecular formula is C12H11Br2NO3. The van der Waals surface area contributed by atoms with Gasteiger partial charge in [-0.05, 0) is 40.5 Å². The Morgan fingerprint density at radius 2 is 2.11 bits per heavy atom. The molecule has 0 saturated carbocycles. The molecule has 4 nitrogen and oxygen atoms in total. The minimum atomic E-state index is -0.275. The number of halogens is 2. The monoisotopic (exact) mass is 375 g/mol. The number of fused-ring (bicyclic) bond motifs is 1. The van der Waals surface area contributed by atoms with Gasteiger partial charge in [-0.25, -0.2) is 0 Å². The molecule has 96 valence electrons. The van der Waals surface area contributed by atoms with Crippen molar-refractivity contribution in [2.45, 2.75) is 6.42 Å². The highest BCUT2D eigenvalue weighted by molar-refractivity contribution is 9.11. The number of rotatable bonds is 4. The highest BCUT2D eigenvalue weighted by atomic mass is 79.9. The summed E-state index contributed by atoms with van der Waals surface area (Å²) >= 11 is 6.77. The lowest BCUT2D eigenvalue weighted by molar-refractivity contribution is 0.0925. The maximum Gasteiger partial charge on any atom is 0.287 e. The molecule has 6 heteroatoms. The van der Waals surface area contributed by atoms with Crippen LogP contribution in [0.15, 0.2) is 31.6 Å². The van der Waals surface area contributed by atoms with Crippen LogP contribution in [0.4, 0.5) is 0 Å². The Morgan fingerprint density at radius 1 is 1.33 bits per heavy atom. The summed E-state index contributed by atoms with van der Waals surface area (Å²) in [4.78, 5) is 11.8. The van der Waals surface area contributed by atoms with E-state index in [4.69, 9.17) is 9.52 Å². The molecule has 2 N–H and O–H groups in total. The predicted octanol–water partition coefficient (Wildman–Crippen LogP) is 3.07. The van der Waals surface area contributed by atoms with Crippen LogP contribution >= 0.6 is 31.9 Å². The van der Waals surface area contributed by atoms with Gasteiger partial charge in [0.2, 0.25) is 0 Å². The lowest BCUT2D eigenvalue weighted by Gasteiger charge is -2.00. The second kappa shape index (κ2) is 5.86. The number of carbonyl (C=O) groups is 1. The number of nitrogens with one attached hydrogen (secondary N) is 1. The molecule has 0 unspecified atom stereocenters. The third-order valence-corrected chi connectivity index (χ3v) is 3.43. The van der Waals surface area contributed by atoms with Gasteiger partial charge in [-0.2, -0.15) is 0 Å². The average Bonchev–Trinajstić information content (AvgIpc) is 2.73. The summed E-state index contributed by atoms with van der Waals surface area (Å²) in [5, 5.41) is 12.2. The predicted molar refractivity (Wildman–Crippen MR) is 75.7 cm³/mol. The van der Waals surface area contributed by atoms with E-state index in [2.05, 4.69) is 37.2 Å². The van der Waals surface area contributed by atoms with Crippen molar-refractivity contribution in [3.63, 3.8) is 0 Å². The van der Waals surface area contributed by atoms with Crippen molar-refractivity contribution >= 4 is 48.7 Å². The highest BCUT2D eigenvalue weighted by Gasteiger charge is 2.13. The number of aliphatic hydroxyl groups is 1. The van der Waals surface area contributed by atoms with Gasteiger partial charge in [-0.15, -0.1) is 0 Å². The lowest BCUT2D eigenvalue weighted by atomic mass is 10.2. The molecule has 1 aromatic carbocycles. The first-order valence-corrected chi connectivity index (χ1v) is 6.98. The first-order valence-electron chi connectivity index (χ1n) is 5.39. The van der Waals surface area contributed by atoms with E-state index in [9.17, 15) is 4.79 Å². The number of benzene rings is 1. The van der Waals surface area contributed by atoms with E-state index in [0.29, 0.717) is 18.5 Å². The lowest BCUT2D eigenvalue weighted by Crippen LogP contribution is -2.24. The maximum atomic E-state index is 11.8. The minimum absolute atomic E-state index is 0.0545. The van der Waals surface area contributed by atoms with Crippen LogP contribution in [-0.2, 0) is 0 Å². The van der Waals surface area contributed by atoms with Crippen LogP contribution in [0, 0.1) is 0 Å². The fraction of sp³-hybridized carbons (Fsp3) is 0.250. The summed E-state index contributed by atoms with van der Waals surface area (Å²) in [6.07, 6.45) is 0.529. The van der Waals surface area contributed by atoms with Crippen LogP contribution in [0.2, 0.25) is 0 Å². The normalized spacial score (nSPS) is 10.8. The molecule has 2 aromatic rings. The first kappa shape index (κ1) is 13.6. The van der Waals surface area contributed by atoms with Gasteiger partial charge < -0.3 is 14.8 Å². The van der Waals surface area contributed by atoms with E-state index in [1.165, 1.54) is 0 Å². The van der Waals surface area contributed by atoms with Crippen LogP contribution in [0.1, 0.15) is 17.0 Å². The fourth-order valence-corrected chi connectivity index (χ4v) is 2.90. The van der Waals surface area contributed by atoms with Crippen molar-refractivity contribution in [2.75, 3.05) is 13.2 Å². The standard InChI is InChI=1S/C12H11Br2NO3/c13-8-4-7-5-10(12(17)15-2-1-3-16)18-11(7)9(14)6-8/h4-6,16H,1-3H2,(H,15,17). The van der Waals surface area contributed by atoms with E-state index < -0.39 is 0 Å². The van der Waals surface area contributed by atoms with E-state index in [0.717, 1.165) is 14.3 Å². The van der Waals surface area contributed by atoms with E-state index >= 15 is 0 Å². The van der Waals surface area contributed by atoms with E-state index in [-0.39, 0.29) is 18.3 Å². The van der Waals surface area contributed by atoms with Crippen molar-refractivity contribution < 1.29 is 14.3 Å². The van der Waals surface area contributed by atoms with Crippen LogP contribution in [0.25, 0.3) is 11.0 Å². The van der Waals surface area contributed by atoms with Gasteiger partial charge in [0, 0.05) is 23.0 Å². The summed E-state index contributed by atoms with van der Waals surface area (Å²) < 4.78 is 7.21. The van der Waals surface area contributed by atoms with Crippen LogP contribution in [0.5, 0.6) is 0 Å². The number of amides is 1. The zero-order valence-electron chi connectivity index (χ0n) is 9.37. The number of hydrogen-bond donors (Lipinski definition) is 2. The smallest absolute Gasteiger partial charge is 0.287 e. The second-order valence-electron chi connectivity index (χ2n) is 3.75. The van der Waals surface area contributed by atoms with Crippen LogP contribution in [0.3, 0.4) is 0 Å². The Bertz CT molecular complexity index is 580. The second-order valence-corrected chi connectivity index (χ2v) is 5.52. The largest absolute Gasteiger partial charge is 0.450 e. The molecule has 0 aliphatic rings. The molecule has 0 spiro atoms. The molecule has 1 amide bonds. The van der Waals surface area contributed by atoms with Gasteiger partial charge in [0.1, 0.15) is 5.58 Å². The number of carbonyl (C=O) groups excluding carboxylic acids is 1. The third-order valence-electron chi connectivity index (χ3n) is 2.38. The highest BCUT2D eigenvalue weighted by Crippen LogP contribution is 2.30. The van der Waals surface area contributed by atoms with E-state index in [1.54, 1.807) is 6.07 Å². The Kier molecular flexibility index (Phi) is 4.42. The van der Waals surface area contributed by atoms with E-state index in [1.807, 2.05) is 12.1 Å². The van der Waals surface area contributed by atoms with Gasteiger partial charge in [0.05, 0.1) is 4.47 Å². The van der Waals surface area contributed by atoms with Crippen LogP contribution < -0.4 is 5.32 Å². The SMILES string of the molecule is O=C(NCCCO)c1cc2cc(Br)cc(Br)c2o1. The summed E-state index contributed by atoms with van der Waals surface area (Å²) in [5.74, 6) is -0.00980. The molecule has 1 aromatic heterocycles. The Labute approximate surface area is 121 Å². The average molecular weight is 377 g/mol. The summed E-state index contributed by atoms with van der Waals surface area (Å²) in [7, 11) is 0. The molecule has 2 rings (SSSR count). The number of hydrogen-bond acceptors (Lipinski definition) is 3. The molecule has 0 fully saturated rings. The van der Waals surface area contributed by atoms with Gasteiger partial charge in [-0.1, -0.05) is 15.9 Å². The van der Waals surface area contributed by atoms with Crippen molar-refractivity contribution in [1.29, 1.82) is 0 Å². The Morgan fingerprint density at radius 3 is 2.83 bits per heavy atom. The van der Waals surface area contributed by atoms with Gasteiger partial charge in [0.15, 0.2) is 5.76 Å². The van der Waals surface area contributed by atoms with Gasteiger partial charge in [0.25, 0.3) is 5.91 Å². The summed E-state index contributed by atoms with van der Waals surface area (Å²) in [5.41, 5.74) is 0.644. The molecule has 0 aliphatic heterocycles. The Balaban J connectivity index is 2.24. The molecule has 0 atom stereocenters. The van der Waals surface area contributed by atoms with Crippen molar-refractivity contribution in [3.8, 4) is 0 Å². The number of furan rings is 1. The number of aliphatic hydroxyl groups excluding tert-OH is 1. The molecule has 0 saturated heterocycles. The maximum absolute atomic E-state index is 11.8. The minimum Gasteiger partial charge on any atom is -0.450 e. The van der Waals surface area contributed by atoms with Crippen LogP contribution in [-0.4, -0.2) is 24.2 Å². The molecule has 0 bridgehead atoms. The molecule has 1 heterocycles. The zero-order chi connectivity index (χ0) is 13.1. The van der Waals surface area contributed by atoms with Gasteiger partial charge >= 0.3 is 0 Å². The summed E-state index contributed by atoms with van der Waals surface area (Å²) in [6, 6.07) is 5.44. The quantitative estimate of drug-likeness (QED) is 0.806. The fourth-order valence-electron chi connectivity index (χ4n) is 1.56. The van der Waals surface area contributed by atoms with Crippen molar-refractivity contribution in [2.24, 2.45) is 0 Å². The molecule has 0 radical (unpaired) electrons. The Hall–Kier alpha value is -0.850. The van der Waals surface area contributed by atoms with Crippen molar-refractivity contribution in [3.05, 3.63) is 32.9 Å². The molecule has 0 aliphatic carbocycles. The molecule has 18 heavy (non-hydrogen) atoms. The third kappa shape index (κ3) is 2.93. The van der Waals surface area contributed by atoms with Gasteiger partial charge in [-0.3, -0.25) is 4.79 Å².